The number of methoxy groups -OCH3 is 1. The van der Waals surface area contributed by atoms with Crippen molar-refractivity contribution in [1.82, 2.24) is 0 Å². The van der Waals surface area contributed by atoms with E-state index in [1.54, 1.807) is 7.11 Å². The summed E-state index contributed by atoms with van der Waals surface area (Å²) in [5, 5.41) is 18.5. The minimum atomic E-state index is -1.12. The second kappa shape index (κ2) is 6.76. The highest BCUT2D eigenvalue weighted by molar-refractivity contribution is 5.96. The SMILES string of the molecule is COc1ccc(CCc2c(C(=O)O)cccc2C(=O)O)cc1. The lowest BCUT2D eigenvalue weighted by Crippen LogP contribution is -2.10. The first-order chi connectivity index (χ1) is 10.5. The van der Waals surface area contributed by atoms with E-state index < -0.39 is 11.9 Å². The van der Waals surface area contributed by atoms with Crippen molar-refractivity contribution >= 4 is 11.9 Å². The van der Waals surface area contributed by atoms with Crippen molar-refractivity contribution in [2.45, 2.75) is 12.8 Å². The van der Waals surface area contributed by atoms with Gasteiger partial charge in [0.15, 0.2) is 0 Å². The van der Waals surface area contributed by atoms with E-state index in [1.807, 2.05) is 24.3 Å². The Kier molecular flexibility index (Phi) is 4.78. The number of aryl methyl sites for hydroxylation is 1. The second-order valence-corrected chi connectivity index (χ2v) is 4.79. The molecule has 0 bridgehead atoms. The number of ether oxygens (including phenoxy) is 1. The predicted molar refractivity (Wildman–Crippen MR) is 80.8 cm³/mol. The van der Waals surface area contributed by atoms with Crippen molar-refractivity contribution in [2.24, 2.45) is 0 Å². The zero-order valence-electron chi connectivity index (χ0n) is 12.1. The first-order valence-electron chi connectivity index (χ1n) is 6.74. The van der Waals surface area contributed by atoms with Crippen molar-refractivity contribution in [3.63, 3.8) is 0 Å². The predicted octanol–water partition coefficient (Wildman–Crippen LogP) is 2.88. The molecule has 114 valence electrons. The Morgan fingerprint density at radius 1 is 0.909 bits per heavy atom. The van der Waals surface area contributed by atoms with Gasteiger partial charge in [0.25, 0.3) is 0 Å². The number of aromatic carboxylic acids is 2. The fourth-order valence-corrected chi connectivity index (χ4v) is 2.32. The van der Waals surface area contributed by atoms with E-state index in [9.17, 15) is 19.8 Å². The van der Waals surface area contributed by atoms with Crippen LogP contribution >= 0.6 is 0 Å². The zero-order valence-corrected chi connectivity index (χ0v) is 12.1. The van der Waals surface area contributed by atoms with E-state index in [0.29, 0.717) is 18.4 Å². The highest BCUT2D eigenvalue weighted by Gasteiger charge is 2.17. The number of hydrogen-bond acceptors (Lipinski definition) is 3. The number of carboxylic acids is 2. The molecule has 2 rings (SSSR count). The molecule has 0 aliphatic carbocycles. The third-order valence-electron chi connectivity index (χ3n) is 3.46. The molecule has 2 N–H and O–H groups in total. The Morgan fingerprint density at radius 2 is 1.45 bits per heavy atom. The van der Waals surface area contributed by atoms with E-state index in [2.05, 4.69) is 0 Å². The number of hydrogen-bond donors (Lipinski definition) is 2. The molecular formula is C17H16O5. The first kappa shape index (κ1) is 15.6. The highest BCUT2D eigenvalue weighted by Crippen LogP contribution is 2.19. The molecule has 0 aliphatic heterocycles. The lowest BCUT2D eigenvalue weighted by atomic mass is 9.95. The molecule has 22 heavy (non-hydrogen) atoms. The smallest absolute Gasteiger partial charge is 0.335 e. The summed E-state index contributed by atoms with van der Waals surface area (Å²) >= 11 is 0. The van der Waals surface area contributed by atoms with E-state index >= 15 is 0 Å². The zero-order chi connectivity index (χ0) is 16.1. The maximum atomic E-state index is 11.3. The molecule has 0 unspecified atom stereocenters. The van der Waals surface area contributed by atoms with Gasteiger partial charge in [-0.15, -0.1) is 0 Å². The van der Waals surface area contributed by atoms with Crippen molar-refractivity contribution < 1.29 is 24.5 Å². The minimum Gasteiger partial charge on any atom is -0.497 e. The number of benzene rings is 2. The minimum absolute atomic E-state index is 0.0356. The molecule has 0 amide bonds. The van der Waals surface area contributed by atoms with Crippen LogP contribution in [-0.2, 0) is 12.8 Å². The Hall–Kier alpha value is -2.82. The average molecular weight is 300 g/mol. The summed E-state index contributed by atoms with van der Waals surface area (Å²) in [6.07, 6.45) is 0.894. The van der Waals surface area contributed by atoms with Gasteiger partial charge in [-0.3, -0.25) is 0 Å². The Labute approximate surface area is 127 Å². The van der Waals surface area contributed by atoms with Crippen LogP contribution in [0.25, 0.3) is 0 Å². The maximum Gasteiger partial charge on any atom is 0.335 e. The van der Waals surface area contributed by atoms with Crippen molar-refractivity contribution in [3.05, 3.63) is 64.7 Å². The topological polar surface area (TPSA) is 83.8 Å². The van der Waals surface area contributed by atoms with Crippen LogP contribution < -0.4 is 4.74 Å². The summed E-state index contributed by atoms with van der Waals surface area (Å²) in [5.41, 5.74) is 1.40. The fourth-order valence-electron chi connectivity index (χ4n) is 2.32. The van der Waals surface area contributed by atoms with Gasteiger partial charge in [0.2, 0.25) is 0 Å². The lowest BCUT2D eigenvalue weighted by Gasteiger charge is -2.10. The highest BCUT2D eigenvalue weighted by atomic mass is 16.5. The van der Waals surface area contributed by atoms with Gasteiger partial charge in [-0.1, -0.05) is 18.2 Å². The summed E-state index contributed by atoms with van der Waals surface area (Å²) < 4.78 is 5.08. The third-order valence-corrected chi connectivity index (χ3v) is 3.46. The van der Waals surface area contributed by atoms with Gasteiger partial charge in [0, 0.05) is 0 Å². The maximum absolute atomic E-state index is 11.3. The van der Waals surface area contributed by atoms with E-state index in [4.69, 9.17) is 4.74 Å². The van der Waals surface area contributed by atoms with E-state index in [0.717, 1.165) is 11.3 Å². The van der Waals surface area contributed by atoms with Gasteiger partial charge in [0.05, 0.1) is 18.2 Å². The van der Waals surface area contributed by atoms with Crippen LogP contribution in [0, 0.1) is 0 Å². The monoisotopic (exact) mass is 300 g/mol. The van der Waals surface area contributed by atoms with Gasteiger partial charge in [-0.25, -0.2) is 9.59 Å². The molecule has 5 heteroatoms. The van der Waals surface area contributed by atoms with Crippen LogP contribution in [0.1, 0.15) is 31.8 Å². The molecule has 0 aliphatic rings. The molecular weight excluding hydrogens is 284 g/mol. The Bertz CT molecular complexity index is 656. The van der Waals surface area contributed by atoms with Crippen molar-refractivity contribution in [3.8, 4) is 5.75 Å². The molecule has 0 fully saturated rings. The number of carbonyl (C=O) groups is 2. The molecule has 0 saturated carbocycles. The Morgan fingerprint density at radius 3 is 1.91 bits per heavy atom. The summed E-state index contributed by atoms with van der Waals surface area (Å²) in [6.45, 7) is 0. The molecule has 0 saturated heterocycles. The molecule has 0 radical (unpaired) electrons. The van der Waals surface area contributed by atoms with Crippen LogP contribution in [0.15, 0.2) is 42.5 Å². The molecule has 0 heterocycles. The number of rotatable bonds is 6. The Balaban J connectivity index is 2.27. The normalized spacial score (nSPS) is 10.2. The number of carboxylic acid groups (broad SMARTS) is 2. The van der Waals surface area contributed by atoms with Crippen molar-refractivity contribution in [1.29, 1.82) is 0 Å². The first-order valence-corrected chi connectivity index (χ1v) is 6.74. The van der Waals surface area contributed by atoms with E-state index in [-0.39, 0.29) is 11.1 Å². The molecule has 5 nitrogen and oxygen atoms in total. The standard InChI is InChI=1S/C17H16O5/c1-22-12-8-5-11(6-9-12)7-10-13-14(16(18)19)3-2-4-15(13)17(20)21/h2-6,8-9H,7,10H2,1H3,(H,18,19)(H,20,21). The van der Waals surface area contributed by atoms with Crippen LogP contribution in [0.5, 0.6) is 5.75 Å². The quantitative estimate of drug-likeness (QED) is 0.857. The van der Waals surface area contributed by atoms with Crippen LogP contribution in [0.4, 0.5) is 0 Å². The van der Waals surface area contributed by atoms with Crippen LogP contribution in [0.2, 0.25) is 0 Å². The fraction of sp³-hybridized carbons (Fsp3) is 0.176. The molecule has 0 aromatic heterocycles. The summed E-state index contributed by atoms with van der Waals surface area (Å²) in [7, 11) is 1.58. The van der Waals surface area contributed by atoms with Gasteiger partial charge < -0.3 is 14.9 Å². The average Bonchev–Trinajstić information content (AvgIpc) is 2.52. The van der Waals surface area contributed by atoms with Crippen LogP contribution in [-0.4, -0.2) is 29.3 Å². The molecule has 2 aromatic rings. The molecule has 0 spiro atoms. The molecule has 0 atom stereocenters. The van der Waals surface area contributed by atoms with Crippen LogP contribution in [0.3, 0.4) is 0 Å². The van der Waals surface area contributed by atoms with Gasteiger partial charge in [-0.2, -0.15) is 0 Å². The van der Waals surface area contributed by atoms with Gasteiger partial charge in [0.1, 0.15) is 5.75 Å². The van der Waals surface area contributed by atoms with Gasteiger partial charge >= 0.3 is 11.9 Å². The second-order valence-electron chi connectivity index (χ2n) is 4.79. The van der Waals surface area contributed by atoms with Gasteiger partial charge in [-0.05, 0) is 48.2 Å². The summed E-state index contributed by atoms with van der Waals surface area (Å²) in [4.78, 5) is 22.6. The summed E-state index contributed by atoms with van der Waals surface area (Å²) in [6, 6.07) is 11.7. The molecule has 2 aromatic carbocycles. The largest absolute Gasteiger partial charge is 0.497 e. The summed E-state index contributed by atoms with van der Waals surface area (Å²) in [5.74, 6) is -1.50. The van der Waals surface area contributed by atoms with Crippen molar-refractivity contribution in [2.75, 3.05) is 7.11 Å². The third kappa shape index (κ3) is 3.44. The van der Waals surface area contributed by atoms with E-state index in [1.165, 1.54) is 18.2 Å². The lowest BCUT2D eigenvalue weighted by molar-refractivity contribution is 0.0695.